The number of hydrogen-bond acceptors (Lipinski definition) is 7. The van der Waals surface area contributed by atoms with Gasteiger partial charge in [0.2, 0.25) is 0 Å². The number of fused-ring (bicyclic) bond motifs is 2. The third-order valence-electron chi connectivity index (χ3n) is 5.67. The van der Waals surface area contributed by atoms with E-state index in [9.17, 15) is 0 Å². The quantitative estimate of drug-likeness (QED) is 0.322. The number of aromatic amines is 1. The van der Waals surface area contributed by atoms with Gasteiger partial charge in [0.1, 0.15) is 0 Å². The summed E-state index contributed by atoms with van der Waals surface area (Å²) in [5, 5.41) is 10.3. The van der Waals surface area contributed by atoms with Crippen LogP contribution in [0.3, 0.4) is 0 Å². The minimum absolute atomic E-state index is 0.634. The molecule has 164 valence electrons. The van der Waals surface area contributed by atoms with Crippen LogP contribution >= 0.6 is 0 Å². The van der Waals surface area contributed by atoms with Crippen LogP contribution in [0.15, 0.2) is 72.2 Å². The smallest absolute Gasteiger partial charge is 0.177 e. The van der Waals surface area contributed by atoms with E-state index in [1.165, 1.54) is 0 Å². The molecule has 0 radical (unpaired) electrons. The topological polar surface area (TPSA) is 95.7 Å². The lowest BCUT2D eigenvalue weighted by atomic mass is 10.2. The van der Waals surface area contributed by atoms with Crippen molar-refractivity contribution >= 4 is 34.3 Å². The number of para-hydroxylation sites is 1. The molecule has 5 heterocycles. The summed E-state index contributed by atoms with van der Waals surface area (Å²) in [5.41, 5.74) is 8.71. The van der Waals surface area contributed by atoms with Gasteiger partial charge in [0.05, 0.1) is 42.7 Å². The average molecular weight is 438 g/mol. The number of benzene rings is 1. The summed E-state index contributed by atoms with van der Waals surface area (Å²) in [4.78, 5) is 14.6. The summed E-state index contributed by atoms with van der Waals surface area (Å²) in [7, 11) is 0. The van der Waals surface area contributed by atoms with Crippen LogP contribution in [0.5, 0.6) is 0 Å². The molecular formula is C24H22N8O. The number of pyridine rings is 1. The fourth-order valence-corrected chi connectivity index (χ4v) is 4.05. The molecule has 0 bridgehead atoms. The maximum Gasteiger partial charge on any atom is 0.177 e. The number of anilines is 2. The highest BCUT2D eigenvalue weighted by Crippen LogP contribution is 2.27. The number of morpholine rings is 1. The van der Waals surface area contributed by atoms with Crippen molar-refractivity contribution in [2.24, 2.45) is 5.10 Å². The van der Waals surface area contributed by atoms with Gasteiger partial charge in [-0.2, -0.15) is 5.10 Å². The van der Waals surface area contributed by atoms with Crippen molar-refractivity contribution in [3.05, 3.63) is 72.8 Å². The van der Waals surface area contributed by atoms with E-state index in [1.807, 2.05) is 42.6 Å². The Hall–Kier alpha value is -4.24. The fraction of sp³-hybridized carbons (Fsp3) is 0.167. The molecule has 0 saturated carbocycles. The van der Waals surface area contributed by atoms with Gasteiger partial charge in [-0.15, -0.1) is 5.10 Å². The van der Waals surface area contributed by atoms with Crippen molar-refractivity contribution in [1.29, 1.82) is 0 Å². The SMILES string of the molecule is C(=N\Nc1cc(N2CCOCC2)c2nc(-c3ccncc3)cn2n1)/c1cc2ccccc2[nH]1. The predicted molar refractivity (Wildman–Crippen MR) is 129 cm³/mol. The van der Waals surface area contributed by atoms with Crippen LogP contribution in [0.4, 0.5) is 11.5 Å². The van der Waals surface area contributed by atoms with Gasteiger partial charge in [-0.3, -0.25) is 10.4 Å². The maximum absolute atomic E-state index is 5.54. The lowest BCUT2D eigenvalue weighted by molar-refractivity contribution is 0.123. The summed E-state index contributed by atoms with van der Waals surface area (Å²) in [5.74, 6) is 0.634. The van der Waals surface area contributed by atoms with Crippen molar-refractivity contribution in [1.82, 2.24) is 24.6 Å². The Kier molecular flexibility index (Phi) is 4.93. The molecule has 0 aliphatic carbocycles. The molecule has 6 rings (SSSR count). The van der Waals surface area contributed by atoms with Gasteiger partial charge in [-0.25, -0.2) is 9.50 Å². The highest BCUT2D eigenvalue weighted by molar-refractivity contribution is 5.89. The number of H-pyrrole nitrogens is 1. The first-order valence-corrected chi connectivity index (χ1v) is 10.8. The van der Waals surface area contributed by atoms with Crippen molar-refractivity contribution in [2.45, 2.75) is 0 Å². The zero-order valence-corrected chi connectivity index (χ0v) is 17.8. The zero-order valence-electron chi connectivity index (χ0n) is 17.8. The molecule has 1 fully saturated rings. The number of nitrogens with one attached hydrogen (secondary N) is 2. The van der Waals surface area contributed by atoms with Crippen LogP contribution in [0.2, 0.25) is 0 Å². The van der Waals surface area contributed by atoms with E-state index in [4.69, 9.17) is 14.8 Å². The fourth-order valence-electron chi connectivity index (χ4n) is 4.05. The standard InChI is InChI=1S/C24H22N8O/c1-2-4-20-18(3-1)13-19(27-20)15-26-29-23-14-22(31-9-11-33-12-10-31)24-28-21(16-32(24)30-23)17-5-7-25-8-6-17/h1-8,13-16,27H,9-12H2,(H,29,30)/b26-15+. The van der Waals surface area contributed by atoms with Gasteiger partial charge in [-0.1, -0.05) is 18.2 Å². The molecule has 4 aromatic heterocycles. The Morgan fingerprint density at radius 3 is 2.76 bits per heavy atom. The Morgan fingerprint density at radius 1 is 1.06 bits per heavy atom. The zero-order chi connectivity index (χ0) is 22.0. The summed E-state index contributed by atoms with van der Waals surface area (Å²) in [6.45, 7) is 2.98. The molecule has 33 heavy (non-hydrogen) atoms. The predicted octanol–water partition coefficient (Wildman–Crippen LogP) is 3.56. The van der Waals surface area contributed by atoms with Gasteiger partial charge in [-0.05, 0) is 24.3 Å². The molecule has 0 atom stereocenters. The van der Waals surface area contributed by atoms with Crippen molar-refractivity contribution in [3.8, 4) is 11.3 Å². The second-order valence-electron chi connectivity index (χ2n) is 7.83. The molecule has 1 aliphatic heterocycles. The second kappa shape index (κ2) is 8.36. The van der Waals surface area contributed by atoms with Crippen LogP contribution in [0.25, 0.3) is 27.8 Å². The van der Waals surface area contributed by atoms with E-state index in [0.717, 1.165) is 52.3 Å². The van der Waals surface area contributed by atoms with Crippen LogP contribution in [-0.4, -0.2) is 57.1 Å². The monoisotopic (exact) mass is 438 g/mol. The summed E-state index contributed by atoms with van der Waals surface area (Å²) < 4.78 is 7.35. The van der Waals surface area contributed by atoms with E-state index in [0.29, 0.717) is 19.0 Å². The summed E-state index contributed by atoms with van der Waals surface area (Å²) >= 11 is 0. The molecule has 1 aliphatic rings. The molecule has 5 aromatic rings. The van der Waals surface area contributed by atoms with Gasteiger partial charge in [0, 0.05) is 48.0 Å². The second-order valence-corrected chi connectivity index (χ2v) is 7.83. The van der Waals surface area contributed by atoms with E-state index in [2.05, 4.69) is 37.5 Å². The van der Waals surface area contributed by atoms with Gasteiger partial charge in [0.15, 0.2) is 11.5 Å². The maximum atomic E-state index is 5.54. The van der Waals surface area contributed by atoms with E-state index in [1.54, 1.807) is 23.1 Å². The van der Waals surface area contributed by atoms with Crippen molar-refractivity contribution < 1.29 is 4.74 Å². The lowest BCUT2D eigenvalue weighted by Crippen LogP contribution is -2.36. The molecule has 0 amide bonds. The molecule has 9 heteroatoms. The normalized spacial score (nSPS) is 14.5. The summed E-state index contributed by atoms with van der Waals surface area (Å²) in [6.07, 6.45) is 7.22. The number of ether oxygens (including phenoxy) is 1. The first-order chi connectivity index (χ1) is 16.3. The largest absolute Gasteiger partial charge is 0.378 e. The minimum atomic E-state index is 0.634. The van der Waals surface area contributed by atoms with Crippen molar-refractivity contribution in [3.63, 3.8) is 0 Å². The van der Waals surface area contributed by atoms with E-state index < -0.39 is 0 Å². The number of hydrazone groups is 1. The Balaban J connectivity index is 1.34. The van der Waals surface area contributed by atoms with E-state index >= 15 is 0 Å². The first-order valence-electron chi connectivity index (χ1n) is 10.8. The lowest BCUT2D eigenvalue weighted by Gasteiger charge is -2.29. The number of nitrogens with zero attached hydrogens (tertiary/aromatic N) is 6. The molecule has 0 spiro atoms. The van der Waals surface area contributed by atoms with Crippen molar-refractivity contribution in [2.75, 3.05) is 36.6 Å². The van der Waals surface area contributed by atoms with E-state index in [-0.39, 0.29) is 0 Å². The van der Waals surface area contributed by atoms with Crippen LogP contribution < -0.4 is 10.3 Å². The minimum Gasteiger partial charge on any atom is -0.378 e. The molecule has 1 saturated heterocycles. The van der Waals surface area contributed by atoms with Gasteiger partial charge in [0.25, 0.3) is 0 Å². The van der Waals surface area contributed by atoms with Crippen LogP contribution in [-0.2, 0) is 4.74 Å². The molecule has 0 unspecified atom stereocenters. The van der Waals surface area contributed by atoms with Crippen LogP contribution in [0.1, 0.15) is 5.69 Å². The molecule has 9 nitrogen and oxygen atoms in total. The van der Waals surface area contributed by atoms with Gasteiger partial charge >= 0.3 is 0 Å². The summed E-state index contributed by atoms with van der Waals surface area (Å²) in [6, 6.07) is 16.1. The van der Waals surface area contributed by atoms with Gasteiger partial charge < -0.3 is 14.6 Å². The molecular weight excluding hydrogens is 416 g/mol. The third-order valence-corrected chi connectivity index (χ3v) is 5.67. The Labute approximate surface area is 189 Å². The first kappa shape index (κ1) is 19.4. The highest BCUT2D eigenvalue weighted by atomic mass is 16.5. The number of rotatable bonds is 5. The third kappa shape index (κ3) is 3.90. The Bertz CT molecular complexity index is 1400. The highest BCUT2D eigenvalue weighted by Gasteiger charge is 2.18. The molecule has 1 aromatic carbocycles. The average Bonchev–Trinajstić information content (AvgIpc) is 3.48. The number of aromatic nitrogens is 5. The van der Waals surface area contributed by atoms with Crippen LogP contribution in [0, 0.1) is 0 Å². The number of hydrogen-bond donors (Lipinski definition) is 2. The Morgan fingerprint density at radius 2 is 1.91 bits per heavy atom. The molecule has 2 N–H and O–H groups in total. The number of imidazole rings is 1.